The van der Waals surface area contributed by atoms with Crippen LogP contribution in [0.1, 0.15) is 26.7 Å². The van der Waals surface area contributed by atoms with Crippen LogP contribution in [0.5, 0.6) is 0 Å². The Labute approximate surface area is 68.3 Å². The van der Waals surface area contributed by atoms with Crippen LogP contribution in [0.3, 0.4) is 0 Å². The molecule has 1 aliphatic carbocycles. The van der Waals surface area contributed by atoms with E-state index in [1.807, 2.05) is 0 Å². The summed E-state index contributed by atoms with van der Waals surface area (Å²) in [4.78, 5) is 0. The standard InChI is InChI=1S/C9H17NO/c1-6-3-9(6)10-8-4-7(2)11-5-8/h6-10H,3-5H2,1-2H3. The van der Waals surface area contributed by atoms with Crippen molar-refractivity contribution in [1.29, 1.82) is 0 Å². The van der Waals surface area contributed by atoms with E-state index in [0.29, 0.717) is 12.1 Å². The highest BCUT2D eigenvalue weighted by Crippen LogP contribution is 2.30. The molecule has 1 N–H and O–H groups in total. The van der Waals surface area contributed by atoms with Crippen LogP contribution >= 0.6 is 0 Å². The molecular weight excluding hydrogens is 138 g/mol. The second kappa shape index (κ2) is 2.76. The number of rotatable bonds is 2. The molecule has 1 saturated heterocycles. The summed E-state index contributed by atoms with van der Waals surface area (Å²) in [5.74, 6) is 0.908. The fourth-order valence-corrected chi connectivity index (χ4v) is 1.79. The van der Waals surface area contributed by atoms with E-state index in [9.17, 15) is 0 Å². The summed E-state index contributed by atoms with van der Waals surface area (Å²) in [5, 5.41) is 3.61. The van der Waals surface area contributed by atoms with Crippen LogP contribution in [-0.2, 0) is 4.74 Å². The SMILES string of the molecule is CC1CC(NC2CC2C)CO1. The molecule has 0 aromatic heterocycles. The molecule has 0 aromatic carbocycles. The molecule has 2 nitrogen and oxygen atoms in total. The molecule has 4 unspecified atom stereocenters. The summed E-state index contributed by atoms with van der Waals surface area (Å²) >= 11 is 0. The van der Waals surface area contributed by atoms with Gasteiger partial charge in [-0.25, -0.2) is 0 Å². The molecule has 2 rings (SSSR count). The van der Waals surface area contributed by atoms with Crippen molar-refractivity contribution in [2.24, 2.45) is 5.92 Å². The Kier molecular flexibility index (Phi) is 1.90. The first-order valence-corrected chi connectivity index (χ1v) is 4.63. The molecule has 2 aliphatic rings. The number of nitrogens with one attached hydrogen (secondary N) is 1. The van der Waals surface area contributed by atoms with Crippen LogP contribution in [-0.4, -0.2) is 24.8 Å². The molecule has 0 radical (unpaired) electrons. The van der Waals surface area contributed by atoms with Gasteiger partial charge >= 0.3 is 0 Å². The molecule has 0 bridgehead atoms. The second-order valence-electron chi connectivity index (χ2n) is 4.06. The van der Waals surface area contributed by atoms with Crippen molar-refractivity contribution in [3.05, 3.63) is 0 Å². The summed E-state index contributed by atoms with van der Waals surface area (Å²) in [6.45, 7) is 5.37. The van der Waals surface area contributed by atoms with Gasteiger partial charge in [0.2, 0.25) is 0 Å². The van der Waals surface area contributed by atoms with Crippen LogP contribution < -0.4 is 5.32 Å². The average molecular weight is 155 g/mol. The lowest BCUT2D eigenvalue weighted by molar-refractivity contribution is 0.122. The van der Waals surface area contributed by atoms with Crippen molar-refractivity contribution in [1.82, 2.24) is 5.32 Å². The summed E-state index contributed by atoms with van der Waals surface area (Å²) < 4.78 is 5.47. The molecule has 4 atom stereocenters. The van der Waals surface area contributed by atoms with Gasteiger partial charge in [-0.05, 0) is 25.7 Å². The zero-order valence-corrected chi connectivity index (χ0v) is 7.34. The van der Waals surface area contributed by atoms with Gasteiger partial charge in [0.25, 0.3) is 0 Å². The molecule has 2 heteroatoms. The van der Waals surface area contributed by atoms with Gasteiger partial charge in [-0.2, -0.15) is 0 Å². The first-order chi connectivity index (χ1) is 5.25. The molecule has 1 aliphatic heterocycles. The minimum absolute atomic E-state index is 0.474. The van der Waals surface area contributed by atoms with Crippen molar-refractivity contribution in [2.75, 3.05) is 6.61 Å². The maximum absolute atomic E-state index is 5.47. The van der Waals surface area contributed by atoms with Gasteiger partial charge in [0.15, 0.2) is 0 Å². The highest BCUT2D eigenvalue weighted by Gasteiger charge is 2.35. The van der Waals surface area contributed by atoms with Gasteiger partial charge < -0.3 is 10.1 Å². The van der Waals surface area contributed by atoms with Crippen molar-refractivity contribution in [3.8, 4) is 0 Å². The molecule has 0 spiro atoms. The number of hydrogen-bond acceptors (Lipinski definition) is 2. The van der Waals surface area contributed by atoms with E-state index < -0.39 is 0 Å². The second-order valence-corrected chi connectivity index (χ2v) is 4.06. The summed E-state index contributed by atoms with van der Waals surface area (Å²) in [5.41, 5.74) is 0. The van der Waals surface area contributed by atoms with Crippen LogP contribution in [0.25, 0.3) is 0 Å². The van der Waals surface area contributed by atoms with Crippen molar-refractivity contribution in [2.45, 2.75) is 44.9 Å². The predicted molar refractivity (Wildman–Crippen MR) is 44.5 cm³/mol. The molecule has 0 amide bonds. The van der Waals surface area contributed by atoms with E-state index in [4.69, 9.17) is 4.74 Å². The van der Waals surface area contributed by atoms with Crippen molar-refractivity contribution < 1.29 is 4.74 Å². The quantitative estimate of drug-likeness (QED) is 0.646. The average Bonchev–Trinajstić information content (AvgIpc) is 2.42. The predicted octanol–water partition coefficient (Wildman–Crippen LogP) is 1.16. The van der Waals surface area contributed by atoms with Crippen LogP contribution in [0.15, 0.2) is 0 Å². The van der Waals surface area contributed by atoms with Gasteiger partial charge in [0.1, 0.15) is 0 Å². The Morgan fingerprint density at radius 1 is 1.27 bits per heavy atom. The first-order valence-electron chi connectivity index (χ1n) is 4.63. The summed E-state index contributed by atoms with van der Waals surface area (Å²) in [6.07, 6.45) is 3.04. The molecule has 0 aromatic rings. The fourth-order valence-electron chi connectivity index (χ4n) is 1.79. The smallest absolute Gasteiger partial charge is 0.0624 e. The van der Waals surface area contributed by atoms with Gasteiger partial charge in [-0.1, -0.05) is 6.92 Å². The van der Waals surface area contributed by atoms with E-state index in [2.05, 4.69) is 19.2 Å². The van der Waals surface area contributed by atoms with E-state index in [1.165, 1.54) is 12.8 Å². The Balaban J connectivity index is 1.71. The van der Waals surface area contributed by atoms with Gasteiger partial charge in [0.05, 0.1) is 12.7 Å². The van der Waals surface area contributed by atoms with Gasteiger partial charge in [-0.15, -0.1) is 0 Å². The molecule has 11 heavy (non-hydrogen) atoms. The minimum atomic E-state index is 0.474. The summed E-state index contributed by atoms with van der Waals surface area (Å²) in [7, 11) is 0. The van der Waals surface area contributed by atoms with Crippen LogP contribution in [0, 0.1) is 5.92 Å². The third-order valence-electron chi connectivity index (χ3n) is 2.76. The zero-order chi connectivity index (χ0) is 7.84. The van der Waals surface area contributed by atoms with Crippen LogP contribution in [0.4, 0.5) is 0 Å². The number of ether oxygens (including phenoxy) is 1. The van der Waals surface area contributed by atoms with E-state index in [0.717, 1.165) is 18.6 Å². The lowest BCUT2D eigenvalue weighted by Gasteiger charge is -2.08. The summed E-state index contributed by atoms with van der Waals surface area (Å²) in [6, 6.07) is 1.44. The number of hydrogen-bond donors (Lipinski definition) is 1. The third-order valence-corrected chi connectivity index (χ3v) is 2.76. The molecule has 2 fully saturated rings. The van der Waals surface area contributed by atoms with Crippen molar-refractivity contribution in [3.63, 3.8) is 0 Å². The maximum Gasteiger partial charge on any atom is 0.0624 e. The Morgan fingerprint density at radius 2 is 2.00 bits per heavy atom. The zero-order valence-electron chi connectivity index (χ0n) is 7.34. The van der Waals surface area contributed by atoms with Crippen LogP contribution in [0.2, 0.25) is 0 Å². The highest BCUT2D eigenvalue weighted by molar-refractivity contribution is 4.93. The monoisotopic (exact) mass is 155 g/mol. The minimum Gasteiger partial charge on any atom is -0.377 e. The first kappa shape index (κ1) is 7.56. The normalized spacial score (nSPS) is 49.6. The Hall–Kier alpha value is -0.0800. The van der Waals surface area contributed by atoms with E-state index >= 15 is 0 Å². The fraction of sp³-hybridized carbons (Fsp3) is 1.00. The largest absolute Gasteiger partial charge is 0.377 e. The van der Waals surface area contributed by atoms with Gasteiger partial charge in [-0.3, -0.25) is 0 Å². The van der Waals surface area contributed by atoms with E-state index in [-0.39, 0.29) is 0 Å². The highest BCUT2D eigenvalue weighted by atomic mass is 16.5. The lowest BCUT2D eigenvalue weighted by Crippen LogP contribution is -2.32. The van der Waals surface area contributed by atoms with Crippen molar-refractivity contribution >= 4 is 0 Å². The lowest BCUT2D eigenvalue weighted by atomic mass is 10.2. The van der Waals surface area contributed by atoms with Gasteiger partial charge in [0, 0.05) is 12.1 Å². The molecular formula is C9H17NO. The molecule has 1 heterocycles. The maximum atomic E-state index is 5.47. The molecule has 1 saturated carbocycles. The Morgan fingerprint density at radius 3 is 2.45 bits per heavy atom. The van der Waals surface area contributed by atoms with E-state index in [1.54, 1.807) is 0 Å². The molecule has 64 valence electrons. The Bertz CT molecular complexity index is 148. The topological polar surface area (TPSA) is 21.3 Å². The third kappa shape index (κ3) is 1.74.